The van der Waals surface area contributed by atoms with Gasteiger partial charge in [0, 0.05) is 12.1 Å². The van der Waals surface area contributed by atoms with Crippen molar-refractivity contribution in [2.24, 2.45) is 0 Å². The predicted molar refractivity (Wildman–Crippen MR) is 124 cm³/mol. The highest BCUT2D eigenvalue weighted by Crippen LogP contribution is 2.41. The molecule has 0 N–H and O–H groups in total. The van der Waals surface area contributed by atoms with E-state index in [1.165, 1.54) is 23.1 Å². The van der Waals surface area contributed by atoms with Gasteiger partial charge in [0.05, 0.1) is 16.1 Å². The van der Waals surface area contributed by atoms with Gasteiger partial charge in [0.25, 0.3) is 5.91 Å². The topological polar surface area (TPSA) is 55.3 Å². The molecule has 0 radical (unpaired) electrons. The largest absolute Gasteiger partial charge is 0.490 e. The summed E-state index contributed by atoms with van der Waals surface area (Å²) in [6, 6.07) is 10.2. The van der Waals surface area contributed by atoms with Crippen molar-refractivity contribution < 1.29 is 22.7 Å². The molecule has 0 unspecified atom stereocenters. The fourth-order valence-corrected chi connectivity index (χ4v) is 4.13. The molecule has 0 atom stereocenters. The first-order valence-electron chi connectivity index (χ1n) is 10.1. The summed E-state index contributed by atoms with van der Waals surface area (Å²) in [5.74, 6) is -0.324. The second-order valence-corrected chi connectivity index (χ2v) is 8.35. The summed E-state index contributed by atoms with van der Waals surface area (Å²) in [6.45, 7) is 5.87. The molecule has 0 saturated carbocycles. The van der Waals surface area contributed by atoms with Gasteiger partial charge in [-0.1, -0.05) is 61.1 Å². The Balaban J connectivity index is 2.00. The Kier molecular flexibility index (Phi) is 8.10. The van der Waals surface area contributed by atoms with Crippen molar-refractivity contribution >= 4 is 34.0 Å². The Labute approximate surface area is 198 Å². The first-order valence-corrected chi connectivity index (χ1v) is 11.3. The highest BCUT2D eigenvalue weighted by atomic mass is 35.5. The molecule has 5 nitrogen and oxygen atoms in total. The van der Waals surface area contributed by atoms with Gasteiger partial charge in [-0.05, 0) is 36.8 Å². The molecule has 3 aromatic rings. The lowest BCUT2D eigenvalue weighted by atomic mass is 10.1. The van der Waals surface area contributed by atoms with Gasteiger partial charge in [-0.15, -0.1) is 10.2 Å². The van der Waals surface area contributed by atoms with Crippen LogP contribution in [0.1, 0.15) is 35.7 Å². The molecule has 10 heteroatoms. The number of benzene rings is 2. The first-order chi connectivity index (χ1) is 15.8. The fourth-order valence-electron chi connectivity index (χ4n) is 3.00. The molecule has 0 bridgehead atoms. The van der Waals surface area contributed by atoms with Gasteiger partial charge in [-0.2, -0.15) is 13.2 Å². The SMILES string of the molecule is C=CCOc1ccc(-c2nnc(N(CCCC)C(=O)c3ccccc3Cl)s2)c(C(F)(F)F)c1. The molecule has 3 rings (SSSR count). The van der Waals surface area contributed by atoms with Crippen LogP contribution in [0.25, 0.3) is 10.6 Å². The maximum atomic E-state index is 13.8. The van der Waals surface area contributed by atoms with E-state index in [0.717, 1.165) is 23.8 Å². The lowest BCUT2D eigenvalue weighted by Crippen LogP contribution is -2.32. The van der Waals surface area contributed by atoms with Gasteiger partial charge in [0.1, 0.15) is 17.4 Å². The average molecular weight is 496 g/mol. The summed E-state index contributed by atoms with van der Waals surface area (Å²) in [5.41, 5.74) is -0.756. The van der Waals surface area contributed by atoms with Crippen LogP contribution in [0.15, 0.2) is 55.1 Å². The lowest BCUT2D eigenvalue weighted by molar-refractivity contribution is -0.137. The summed E-state index contributed by atoms with van der Waals surface area (Å²) in [6.07, 6.45) is -1.71. The molecule has 0 fully saturated rings. The molecule has 33 heavy (non-hydrogen) atoms. The molecule has 1 amide bonds. The zero-order chi connectivity index (χ0) is 24.0. The second kappa shape index (κ2) is 10.8. The zero-order valence-corrected chi connectivity index (χ0v) is 19.3. The standard InChI is InChI=1S/C23H21ClF3N3O2S/c1-3-5-12-30(21(31)17-8-6-7-9-19(17)24)22-29-28-20(33-22)16-11-10-15(32-13-4-2)14-18(16)23(25,26)27/h4,6-11,14H,2-3,5,12-13H2,1H3. The first kappa shape index (κ1) is 24.7. The van der Waals surface area contributed by atoms with Gasteiger partial charge in [0.2, 0.25) is 5.13 Å². The maximum absolute atomic E-state index is 13.8. The Bertz CT molecular complexity index is 1130. The summed E-state index contributed by atoms with van der Waals surface area (Å²) in [4.78, 5) is 14.6. The second-order valence-electron chi connectivity index (χ2n) is 6.98. The van der Waals surface area contributed by atoms with Crippen molar-refractivity contribution in [3.63, 3.8) is 0 Å². The number of halogens is 4. The minimum atomic E-state index is -4.63. The van der Waals surface area contributed by atoms with E-state index in [0.29, 0.717) is 13.0 Å². The summed E-state index contributed by atoms with van der Waals surface area (Å²) >= 11 is 7.09. The minimum Gasteiger partial charge on any atom is -0.490 e. The van der Waals surface area contributed by atoms with Gasteiger partial charge >= 0.3 is 6.18 Å². The third-order valence-electron chi connectivity index (χ3n) is 4.62. The van der Waals surface area contributed by atoms with E-state index in [4.69, 9.17) is 16.3 Å². The van der Waals surface area contributed by atoms with E-state index in [-0.39, 0.29) is 44.6 Å². The number of amides is 1. The molecular weight excluding hydrogens is 475 g/mol. The number of hydrogen-bond acceptors (Lipinski definition) is 5. The quantitative estimate of drug-likeness (QED) is 0.303. The van der Waals surface area contributed by atoms with Crippen molar-refractivity contribution in [3.05, 3.63) is 71.3 Å². The fraction of sp³-hybridized carbons (Fsp3) is 0.261. The summed E-state index contributed by atoms with van der Waals surface area (Å²) in [5, 5.41) is 8.52. The van der Waals surface area contributed by atoms with Crippen LogP contribution in [0.2, 0.25) is 5.02 Å². The highest BCUT2D eigenvalue weighted by molar-refractivity contribution is 7.18. The third-order valence-corrected chi connectivity index (χ3v) is 5.93. The van der Waals surface area contributed by atoms with E-state index in [1.807, 2.05) is 6.92 Å². The van der Waals surface area contributed by atoms with Crippen molar-refractivity contribution in [2.75, 3.05) is 18.1 Å². The van der Waals surface area contributed by atoms with Gasteiger partial charge < -0.3 is 4.74 Å². The van der Waals surface area contributed by atoms with Gasteiger partial charge in [-0.3, -0.25) is 9.69 Å². The summed E-state index contributed by atoms with van der Waals surface area (Å²) < 4.78 is 46.5. The smallest absolute Gasteiger partial charge is 0.417 e. The molecule has 0 saturated heterocycles. The average Bonchev–Trinajstić information content (AvgIpc) is 3.27. The Morgan fingerprint density at radius 1 is 1.24 bits per heavy atom. The normalized spacial score (nSPS) is 11.3. The molecule has 0 spiro atoms. The van der Waals surface area contributed by atoms with E-state index in [9.17, 15) is 18.0 Å². The molecular formula is C23H21ClF3N3O2S. The number of ether oxygens (including phenoxy) is 1. The van der Waals surface area contributed by atoms with Crippen LogP contribution < -0.4 is 9.64 Å². The van der Waals surface area contributed by atoms with E-state index < -0.39 is 11.7 Å². The molecule has 0 aliphatic carbocycles. The molecule has 174 valence electrons. The van der Waals surface area contributed by atoms with Crippen LogP contribution in [-0.4, -0.2) is 29.3 Å². The number of hydrogen-bond donors (Lipinski definition) is 0. The van der Waals surface area contributed by atoms with Crippen molar-refractivity contribution in [1.29, 1.82) is 0 Å². The number of rotatable bonds is 9. The van der Waals surface area contributed by atoms with Crippen LogP contribution in [0.4, 0.5) is 18.3 Å². The Morgan fingerprint density at radius 2 is 2.00 bits per heavy atom. The number of unbranched alkanes of at least 4 members (excludes halogenated alkanes) is 1. The number of alkyl halides is 3. The van der Waals surface area contributed by atoms with E-state index >= 15 is 0 Å². The predicted octanol–water partition coefficient (Wildman–Crippen LogP) is 6.89. The van der Waals surface area contributed by atoms with E-state index in [2.05, 4.69) is 16.8 Å². The molecule has 2 aromatic carbocycles. The van der Waals surface area contributed by atoms with Crippen LogP contribution in [0, 0.1) is 0 Å². The van der Waals surface area contributed by atoms with Crippen LogP contribution in [0.5, 0.6) is 5.75 Å². The Hall–Kier alpha value is -2.91. The van der Waals surface area contributed by atoms with Crippen molar-refractivity contribution in [1.82, 2.24) is 10.2 Å². The maximum Gasteiger partial charge on any atom is 0.417 e. The molecule has 0 aliphatic rings. The monoisotopic (exact) mass is 495 g/mol. The van der Waals surface area contributed by atoms with Gasteiger partial charge in [-0.25, -0.2) is 0 Å². The highest BCUT2D eigenvalue weighted by Gasteiger charge is 2.35. The van der Waals surface area contributed by atoms with Crippen LogP contribution in [0.3, 0.4) is 0 Å². The lowest BCUT2D eigenvalue weighted by Gasteiger charge is -2.19. The molecule has 1 aromatic heterocycles. The van der Waals surface area contributed by atoms with Crippen LogP contribution >= 0.6 is 22.9 Å². The molecule has 1 heterocycles. The zero-order valence-electron chi connectivity index (χ0n) is 17.7. The number of carbonyl (C=O) groups is 1. The Morgan fingerprint density at radius 3 is 2.67 bits per heavy atom. The minimum absolute atomic E-state index is 0.0426. The van der Waals surface area contributed by atoms with Crippen LogP contribution in [-0.2, 0) is 6.18 Å². The number of aromatic nitrogens is 2. The van der Waals surface area contributed by atoms with Gasteiger partial charge in [0.15, 0.2) is 0 Å². The van der Waals surface area contributed by atoms with E-state index in [1.54, 1.807) is 24.3 Å². The number of nitrogens with zero attached hydrogens (tertiary/aromatic N) is 3. The van der Waals surface area contributed by atoms with Crippen molar-refractivity contribution in [2.45, 2.75) is 25.9 Å². The molecule has 0 aliphatic heterocycles. The number of carbonyl (C=O) groups excluding carboxylic acids is 1. The van der Waals surface area contributed by atoms with Crippen molar-refractivity contribution in [3.8, 4) is 16.3 Å². The third kappa shape index (κ3) is 5.91. The summed E-state index contributed by atoms with van der Waals surface area (Å²) in [7, 11) is 0. The number of anilines is 1.